The topological polar surface area (TPSA) is 34.1 Å². The van der Waals surface area contributed by atoms with E-state index >= 15 is 0 Å². The van der Waals surface area contributed by atoms with Gasteiger partial charge in [-0.2, -0.15) is 13.2 Å². The van der Waals surface area contributed by atoms with Gasteiger partial charge >= 0.3 is 6.18 Å². The van der Waals surface area contributed by atoms with Crippen molar-refractivity contribution in [2.24, 2.45) is 0 Å². The number of anilines is 1. The molecule has 0 bridgehead atoms. The molecule has 0 radical (unpaired) electrons. The Morgan fingerprint density at radius 1 is 1.29 bits per heavy atom. The van der Waals surface area contributed by atoms with Gasteiger partial charge in [0, 0.05) is 28.5 Å². The monoisotopic (exact) mass is 360 g/mol. The van der Waals surface area contributed by atoms with Gasteiger partial charge in [-0.15, -0.1) is 0 Å². The minimum atomic E-state index is -4.40. The van der Waals surface area contributed by atoms with E-state index in [0.29, 0.717) is 18.1 Å². The molecular weight excluding hydrogens is 349 g/mol. The third-order valence-electron chi connectivity index (χ3n) is 2.80. The second-order valence-corrected chi connectivity index (χ2v) is 5.07. The van der Waals surface area contributed by atoms with Crippen LogP contribution in [0.4, 0.5) is 18.9 Å². The van der Waals surface area contributed by atoms with Gasteiger partial charge in [0.15, 0.2) is 0 Å². The van der Waals surface area contributed by atoms with E-state index in [0.717, 1.165) is 11.6 Å². The van der Waals surface area contributed by atoms with E-state index in [1.807, 2.05) is 0 Å². The number of rotatable bonds is 4. The second kappa shape index (κ2) is 6.34. The molecule has 0 atom stereocenters. The van der Waals surface area contributed by atoms with Crippen LogP contribution in [0.15, 0.2) is 41.0 Å². The molecule has 3 nitrogen and oxygen atoms in total. The van der Waals surface area contributed by atoms with E-state index in [2.05, 4.69) is 26.2 Å². The molecule has 1 aromatic heterocycles. The standard InChI is InChI=1S/C14H12BrF3N2O/c1-21-13-9(3-2-6-19-13)8-20-10-4-5-12(15)11(7-10)14(16,17)18/h2-7,20H,8H2,1H3. The van der Waals surface area contributed by atoms with Crippen molar-refractivity contribution >= 4 is 21.6 Å². The maximum absolute atomic E-state index is 12.8. The van der Waals surface area contributed by atoms with Crippen LogP contribution < -0.4 is 10.1 Å². The van der Waals surface area contributed by atoms with Gasteiger partial charge in [-0.1, -0.05) is 22.0 Å². The zero-order valence-electron chi connectivity index (χ0n) is 11.0. The summed E-state index contributed by atoms with van der Waals surface area (Å²) in [6.45, 7) is 0.315. The summed E-state index contributed by atoms with van der Waals surface area (Å²) in [5.74, 6) is 0.443. The minimum Gasteiger partial charge on any atom is -0.481 e. The lowest BCUT2D eigenvalue weighted by Gasteiger charge is -2.13. The van der Waals surface area contributed by atoms with E-state index in [1.54, 1.807) is 24.4 Å². The SMILES string of the molecule is COc1ncccc1CNc1ccc(Br)c(C(F)(F)F)c1. The quantitative estimate of drug-likeness (QED) is 0.872. The van der Waals surface area contributed by atoms with Crippen LogP contribution >= 0.6 is 15.9 Å². The molecule has 1 aromatic carbocycles. The Labute approximate surface area is 128 Å². The molecule has 0 unspecified atom stereocenters. The van der Waals surface area contributed by atoms with Crippen molar-refractivity contribution in [1.82, 2.24) is 4.98 Å². The lowest BCUT2D eigenvalue weighted by Crippen LogP contribution is -2.08. The van der Waals surface area contributed by atoms with E-state index < -0.39 is 11.7 Å². The number of ether oxygens (including phenoxy) is 1. The molecule has 1 heterocycles. The van der Waals surface area contributed by atoms with Crippen LogP contribution in [0.2, 0.25) is 0 Å². The summed E-state index contributed by atoms with van der Waals surface area (Å²) in [5.41, 5.74) is 0.415. The predicted molar refractivity (Wildman–Crippen MR) is 77.3 cm³/mol. The molecule has 0 aliphatic carbocycles. The van der Waals surface area contributed by atoms with E-state index in [1.165, 1.54) is 13.2 Å². The fourth-order valence-electron chi connectivity index (χ4n) is 1.79. The number of nitrogens with one attached hydrogen (secondary N) is 1. The summed E-state index contributed by atoms with van der Waals surface area (Å²) >= 11 is 2.91. The fourth-order valence-corrected chi connectivity index (χ4v) is 2.26. The first-order valence-electron chi connectivity index (χ1n) is 6.00. The number of methoxy groups -OCH3 is 1. The van der Waals surface area contributed by atoms with E-state index in [9.17, 15) is 13.2 Å². The summed E-state index contributed by atoms with van der Waals surface area (Å²) in [5, 5.41) is 2.93. The van der Waals surface area contributed by atoms with Gasteiger partial charge in [-0.25, -0.2) is 4.98 Å². The molecule has 0 saturated carbocycles. The Bertz CT molecular complexity index is 632. The van der Waals surface area contributed by atoms with Crippen LogP contribution in [0.5, 0.6) is 5.88 Å². The number of halogens is 4. The number of hydrogen-bond acceptors (Lipinski definition) is 3. The number of benzene rings is 1. The van der Waals surface area contributed by atoms with Gasteiger partial charge in [0.25, 0.3) is 0 Å². The predicted octanol–water partition coefficient (Wildman–Crippen LogP) is 4.48. The van der Waals surface area contributed by atoms with E-state index in [-0.39, 0.29) is 4.47 Å². The summed E-state index contributed by atoms with van der Waals surface area (Å²) in [7, 11) is 1.49. The molecule has 0 aliphatic rings. The summed E-state index contributed by atoms with van der Waals surface area (Å²) < 4.78 is 43.6. The third kappa shape index (κ3) is 3.87. The highest BCUT2D eigenvalue weighted by atomic mass is 79.9. The van der Waals surface area contributed by atoms with Crippen molar-refractivity contribution < 1.29 is 17.9 Å². The largest absolute Gasteiger partial charge is 0.481 e. The molecule has 0 spiro atoms. The molecule has 2 aromatic rings. The second-order valence-electron chi connectivity index (χ2n) is 4.22. The Balaban J connectivity index is 2.17. The van der Waals surface area contributed by atoms with Crippen molar-refractivity contribution in [3.63, 3.8) is 0 Å². The average molecular weight is 361 g/mol. The van der Waals surface area contributed by atoms with Gasteiger partial charge in [0.1, 0.15) is 0 Å². The fraction of sp³-hybridized carbons (Fsp3) is 0.214. The first-order valence-corrected chi connectivity index (χ1v) is 6.79. The molecular formula is C14H12BrF3N2O. The molecule has 112 valence electrons. The Morgan fingerprint density at radius 2 is 2.05 bits per heavy atom. The molecule has 21 heavy (non-hydrogen) atoms. The summed E-state index contributed by atoms with van der Waals surface area (Å²) in [4.78, 5) is 4.03. The smallest absolute Gasteiger partial charge is 0.417 e. The highest BCUT2D eigenvalue weighted by Crippen LogP contribution is 2.36. The lowest BCUT2D eigenvalue weighted by atomic mass is 10.2. The molecule has 7 heteroatoms. The van der Waals surface area contributed by atoms with Gasteiger partial charge in [0.2, 0.25) is 5.88 Å². The number of pyridine rings is 1. The Morgan fingerprint density at radius 3 is 2.71 bits per heavy atom. The van der Waals surface area contributed by atoms with Crippen LogP contribution in [-0.4, -0.2) is 12.1 Å². The summed E-state index contributed by atoms with van der Waals surface area (Å²) in [6.07, 6.45) is -2.81. The van der Waals surface area contributed by atoms with Crippen LogP contribution in [-0.2, 0) is 12.7 Å². The number of nitrogens with zero attached hydrogens (tertiary/aromatic N) is 1. The molecule has 0 aliphatic heterocycles. The van der Waals surface area contributed by atoms with Crippen LogP contribution in [0, 0.1) is 0 Å². The molecule has 0 saturated heterocycles. The van der Waals surface area contributed by atoms with Gasteiger partial charge < -0.3 is 10.1 Å². The van der Waals surface area contributed by atoms with Gasteiger partial charge in [-0.05, 0) is 24.3 Å². The number of hydrogen-bond donors (Lipinski definition) is 1. The lowest BCUT2D eigenvalue weighted by molar-refractivity contribution is -0.138. The van der Waals surface area contributed by atoms with Crippen LogP contribution in [0.25, 0.3) is 0 Å². The van der Waals surface area contributed by atoms with Crippen molar-refractivity contribution in [2.75, 3.05) is 12.4 Å². The highest BCUT2D eigenvalue weighted by Gasteiger charge is 2.33. The number of aromatic nitrogens is 1. The van der Waals surface area contributed by atoms with Crippen molar-refractivity contribution in [3.05, 3.63) is 52.1 Å². The average Bonchev–Trinajstić information content (AvgIpc) is 2.45. The normalized spacial score (nSPS) is 11.3. The third-order valence-corrected chi connectivity index (χ3v) is 3.49. The van der Waals surface area contributed by atoms with Gasteiger partial charge in [-0.3, -0.25) is 0 Å². The minimum absolute atomic E-state index is 0.0134. The zero-order valence-corrected chi connectivity index (χ0v) is 12.6. The van der Waals surface area contributed by atoms with Crippen LogP contribution in [0.1, 0.15) is 11.1 Å². The molecule has 2 rings (SSSR count). The first-order chi connectivity index (χ1) is 9.91. The maximum Gasteiger partial charge on any atom is 0.417 e. The molecule has 0 amide bonds. The van der Waals surface area contributed by atoms with Crippen molar-refractivity contribution in [2.45, 2.75) is 12.7 Å². The number of alkyl halides is 3. The van der Waals surface area contributed by atoms with Crippen LogP contribution in [0.3, 0.4) is 0 Å². The van der Waals surface area contributed by atoms with Crippen molar-refractivity contribution in [1.29, 1.82) is 0 Å². The van der Waals surface area contributed by atoms with Crippen molar-refractivity contribution in [3.8, 4) is 5.88 Å². The molecule has 1 N–H and O–H groups in total. The first kappa shape index (κ1) is 15.6. The highest BCUT2D eigenvalue weighted by molar-refractivity contribution is 9.10. The van der Waals surface area contributed by atoms with E-state index in [4.69, 9.17) is 4.74 Å². The summed E-state index contributed by atoms with van der Waals surface area (Å²) in [6, 6.07) is 7.53. The Kier molecular flexibility index (Phi) is 4.72. The van der Waals surface area contributed by atoms with Gasteiger partial charge in [0.05, 0.1) is 12.7 Å². The zero-order chi connectivity index (χ0) is 15.5. The maximum atomic E-state index is 12.8. The molecule has 0 fully saturated rings. The Hall–Kier alpha value is -1.76.